The fraction of sp³-hybridized carbons (Fsp3) is 0.238. The topological polar surface area (TPSA) is 56.2 Å². The van der Waals surface area contributed by atoms with Gasteiger partial charge >= 0.3 is 0 Å². The van der Waals surface area contributed by atoms with Crippen LogP contribution in [-0.4, -0.2) is 15.7 Å². The molecule has 0 spiro atoms. The molecular weight excluding hydrogens is 326 g/mol. The third-order valence-corrected chi connectivity index (χ3v) is 4.38. The van der Waals surface area contributed by atoms with Gasteiger partial charge in [0.25, 0.3) is 0 Å². The lowest BCUT2D eigenvalue weighted by atomic mass is 10.1. The summed E-state index contributed by atoms with van der Waals surface area (Å²) in [4.78, 5) is 12.3. The van der Waals surface area contributed by atoms with Crippen LogP contribution in [0.15, 0.2) is 54.6 Å². The van der Waals surface area contributed by atoms with Crippen LogP contribution in [0.1, 0.15) is 22.5 Å². The Hall–Kier alpha value is -3.08. The summed E-state index contributed by atoms with van der Waals surface area (Å²) in [5.41, 5.74) is 4.76. The summed E-state index contributed by atoms with van der Waals surface area (Å²) in [6, 6.07) is 17.4. The number of carbonyl (C=O) groups excluding carboxylic acids is 1. The molecule has 5 nitrogen and oxygen atoms in total. The van der Waals surface area contributed by atoms with Crippen LogP contribution in [0.2, 0.25) is 0 Å². The molecule has 0 saturated heterocycles. The molecule has 0 aliphatic carbocycles. The first-order valence-corrected chi connectivity index (χ1v) is 8.58. The fourth-order valence-corrected chi connectivity index (χ4v) is 2.81. The monoisotopic (exact) mass is 349 g/mol. The fourth-order valence-electron chi connectivity index (χ4n) is 2.81. The van der Waals surface area contributed by atoms with Gasteiger partial charge in [0.15, 0.2) is 0 Å². The lowest BCUT2D eigenvalue weighted by Crippen LogP contribution is -2.15. The van der Waals surface area contributed by atoms with Crippen molar-refractivity contribution >= 4 is 11.6 Å². The first-order chi connectivity index (χ1) is 12.5. The molecule has 0 fully saturated rings. The Bertz CT molecular complexity index is 884. The van der Waals surface area contributed by atoms with Crippen LogP contribution in [0.5, 0.6) is 5.75 Å². The molecule has 5 heteroatoms. The van der Waals surface area contributed by atoms with Crippen LogP contribution < -0.4 is 10.1 Å². The summed E-state index contributed by atoms with van der Waals surface area (Å²) in [7, 11) is 1.89. The van der Waals surface area contributed by atoms with Gasteiger partial charge in [-0.25, -0.2) is 0 Å². The molecule has 3 rings (SSSR count). The molecule has 1 heterocycles. The van der Waals surface area contributed by atoms with E-state index in [1.807, 2.05) is 75.5 Å². The Labute approximate surface area is 153 Å². The highest BCUT2D eigenvalue weighted by atomic mass is 16.5. The smallest absolute Gasteiger partial charge is 0.228 e. The normalized spacial score (nSPS) is 10.6. The van der Waals surface area contributed by atoms with E-state index in [-0.39, 0.29) is 5.91 Å². The van der Waals surface area contributed by atoms with E-state index in [0.717, 1.165) is 34.0 Å². The number of hydrogen-bond acceptors (Lipinski definition) is 3. The van der Waals surface area contributed by atoms with Crippen molar-refractivity contribution < 1.29 is 9.53 Å². The second kappa shape index (κ2) is 7.87. The highest BCUT2D eigenvalue weighted by Crippen LogP contribution is 2.18. The van der Waals surface area contributed by atoms with E-state index in [2.05, 4.69) is 10.4 Å². The molecule has 134 valence electrons. The van der Waals surface area contributed by atoms with E-state index in [0.29, 0.717) is 13.0 Å². The minimum atomic E-state index is -0.0536. The maximum atomic E-state index is 12.3. The van der Waals surface area contributed by atoms with Crippen molar-refractivity contribution in [3.05, 3.63) is 77.1 Å². The first kappa shape index (κ1) is 17.7. The molecule has 2 aromatic carbocycles. The number of amides is 1. The van der Waals surface area contributed by atoms with Crippen molar-refractivity contribution in [1.29, 1.82) is 0 Å². The lowest BCUT2D eigenvalue weighted by Gasteiger charge is -2.09. The van der Waals surface area contributed by atoms with Gasteiger partial charge in [-0.05, 0) is 43.7 Å². The van der Waals surface area contributed by atoms with Crippen molar-refractivity contribution in [2.24, 2.45) is 7.05 Å². The predicted molar refractivity (Wildman–Crippen MR) is 102 cm³/mol. The molecule has 1 N–H and O–H groups in total. The van der Waals surface area contributed by atoms with Crippen molar-refractivity contribution in [3.63, 3.8) is 0 Å². The van der Waals surface area contributed by atoms with Crippen LogP contribution in [0.25, 0.3) is 0 Å². The van der Waals surface area contributed by atoms with Gasteiger partial charge in [-0.2, -0.15) is 5.10 Å². The molecule has 3 aromatic rings. The lowest BCUT2D eigenvalue weighted by molar-refractivity contribution is -0.115. The SMILES string of the molecule is Cc1nn(C)c(C)c1CC(=O)Nc1ccc(OCc2ccccc2)cc1. The molecule has 0 saturated carbocycles. The number of nitrogens with one attached hydrogen (secondary N) is 1. The molecule has 0 aliphatic rings. The largest absolute Gasteiger partial charge is 0.489 e. The number of carbonyl (C=O) groups is 1. The van der Waals surface area contributed by atoms with Crippen LogP contribution in [0, 0.1) is 13.8 Å². The standard InChI is InChI=1S/C21H23N3O2/c1-15-20(16(2)24(3)23-15)13-21(25)22-18-9-11-19(12-10-18)26-14-17-7-5-4-6-8-17/h4-12H,13-14H2,1-3H3,(H,22,25). The van der Waals surface area contributed by atoms with E-state index < -0.39 is 0 Å². The van der Waals surface area contributed by atoms with E-state index in [4.69, 9.17) is 4.74 Å². The first-order valence-electron chi connectivity index (χ1n) is 8.58. The second-order valence-electron chi connectivity index (χ2n) is 6.30. The summed E-state index contributed by atoms with van der Waals surface area (Å²) in [5, 5.41) is 7.27. The minimum absolute atomic E-state index is 0.0536. The van der Waals surface area contributed by atoms with Gasteiger partial charge in [-0.15, -0.1) is 0 Å². The number of aryl methyl sites for hydroxylation is 2. The maximum Gasteiger partial charge on any atom is 0.228 e. The Morgan fingerprint density at radius 1 is 1.08 bits per heavy atom. The Kier molecular flexibility index (Phi) is 5.37. The van der Waals surface area contributed by atoms with Crippen molar-refractivity contribution in [3.8, 4) is 5.75 Å². The van der Waals surface area contributed by atoms with Crippen molar-refractivity contribution in [2.45, 2.75) is 26.9 Å². The summed E-state index contributed by atoms with van der Waals surface area (Å²) in [5.74, 6) is 0.716. The zero-order chi connectivity index (χ0) is 18.5. The molecule has 0 radical (unpaired) electrons. The molecule has 26 heavy (non-hydrogen) atoms. The van der Waals surface area contributed by atoms with Crippen LogP contribution >= 0.6 is 0 Å². The van der Waals surface area contributed by atoms with Crippen LogP contribution in [0.4, 0.5) is 5.69 Å². The summed E-state index contributed by atoms with van der Waals surface area (Å²) >= 11 is 0. The summed E-state index contributed by atoms with van der Waals surface area (Å²) < 4.78 is 7.56. The van der Waals surface area contributed by atoms with Gasteiger partial charge < -0.3 is 10.1 Å². The number of hydrogen-bond donors (Lipinski definition) is 1. The molecule has 0 bridgehead atoms. The molecular formula is C21H23N3O2. The summed E-state index contributed by atoms with van der Waals surface area (Å²) in [6.45, 7) is 4.42. The minimum Gasteiger partial charge on any atom is -0.489 e. The van der Waals surface area contributed by atoms with Crippen LogP contribution in [-0.2, 0) is 24.9 Å². The zero-order valence-corrected chi connectivity index (χ0v) is 15.3. The molecule has 1 amide bonds. The van der Waals surface area contributed by atoms with Gasteiger partial charge in [0.1, 0.15) is 12.4 Å². The number of benzene rings is 2. The van der Waals surface area contributed by atoms with Crippen LogP contribution in [0.3, 0.4) is 0 Å². The molecule has 0 unspecified atom stereocenters. The van der Waals surface area contributed by atoms with E-state index >= 15 is 0 Å². The van der Waals surface area contributed by atoms with Gasteiger partial charge in [-0.1, -0.05) is 30.3 Å². The predicted octanol–water partition coefficient (Wildman–Crippen LogP) is 3.80. The van der Waals surface area contributed by atoms with Gasteiger partial charge in [0.2, 0.25) is 5.91 Å². The quantitative estimate of drug-likeness (QED) is 0.736. The number of anilines is 1. The van der Waals surface area contributed by atoms with Gasteiger partial charge in [0.05, 0.1) is 12.1 Å². The Morgan fingerprint density at radius 2 is 1.77 bits per heavy atom. The van der Waals surface area contributed by atoms with Gasteiger partial charge in [-0.3, -0.25) is 9.48 Å². The average molecular weight is 349 g/mol. The number of ether oxygens (including phenoxy) is 1. The Morgan fingerprint density at radius 3 is 2.38 bits per heavy atom. The molecule has 1 aromatic heterocycles. The average Bonchev–Trinajstić information content (AvgIpc) is 2.88. The molecule has 0 atom stereocenters. The maximum absolute atomic E-state index is 12.3. The highest BCUT2D eigenvalue weighted by Gasteiger charge is 2.13. The third-order valence-electron chi connectivity index (χ3n) is 4.38. The van der Waals surface area contributed by atoms with E-state index in [1.165, 1.54) is 0 Å². The third kappa shape index (κ3) is 4.30. The highest BCUT2D eigenvalue weighted by molar-refractivity contribution is 5.92. The number of aromatic nitrogens is 2. The molecule has 0 aliphatic heterocycles. The van der Waals surface area contributed by atoms with Crippen molar-refractivity contribution in [1.82, 2.24) is 9.78 Å². The Balaban J connectivity index is 1.56. The van der Waals surface area contributed by atoms with E-state index in [9.17, 15) is 4.79 Å². The second-order valence-corrected chi connectivity index (χ2v) is 6.30. The number of rotatable bonds is 6. The van der Waals surface area contributed by atoms with E-state index in [1.54, 1.807) is 4.68 Å². The number of nitrogens with zero attached hydrogens (tertiary/aromatic N) is 2. The van der Waals surface area contributed by atoms with Gasteiger partial charge in [0, 0.05) is 24.0 Å². The van der Waals surface area contributed by atoms with Crippen molar-refractivity contribution in [2.75, 3.05) is 5.32 Å². The zero-order valence-electron chi connectivity index (χ0n) is 15.3. The summed E-state index contributed by atoms with van der Waals surface area (Å²) in [6.07, 6.45) is 0.317.